The molecule has 1 fully saturated rings. The Morgan fingerprint density at radius 3 is 2.60 bits per heavy atom. The molecule has 1 saturated heterocycles. The number of fused-ring (bicyclic) bond motifs is 1. The van der Waals surface area contributed by atoms with Gasteiger partial charge in [-0.25, -0.2) is 4.79 Å². The van der Waals surface area contributed by atoms with Crippen LogP contribution in [0.4, 0.5) is 4.79 Å². The van der Waals surface area contributed by atoms with Gasteiger partial charge in [0.25, 0.3) is 0 Å². The molecule has 1 heterocycles. The Morgan fingerprint density at radius 2 is 1.83 bits per heavy atom. The number of carboxylic acid groups (broad SMARTS) is 1. The molecule has 4 rings (SSSR count). The third-order valence-electron chi connectivity index (χ3n) is 6.00. The third-order valence-corrected chi connectivity index (χ3v) is 6.92. The first-order chi connectivity index (χ1) is 14.5. The van der Waals surface area contributed by atoms with Crippen molar-refractivity contribution in [3.05, 3.63) is 68.1 Å². The molecular weight excluding hydrogens is 512 g/mol. The standard InChI is InChI=1S/C23H26Br2N2O3/c24-18-12-16(13-19(25)14-18)15-30-21-7-6-17-4-1-2-5-20(17)22(21)26-8-3-9-27(11-10-26)23(28)29/h1-2,4-5,12-14,21-22H,3,6-11,15H2,(H,28,29)/t21-,22-/m1/s1. The first-order valence-corrected chi connectivity index (χ1v) is 12.0. The Labute approximate surface area is 194 Å². The molecule has 1 aliphatic heterocycles. The van der Waals surface area contributed by atoms with Crippen molar-refractivity contribution in [2.24, 2.45) is 0 Å². The van der Waals surface area contributed by atoms with Crippen LogP contribution in [0.5, 0.6) is 0 Å². The average Bonchev–Trinajstić information content (AvgIpc) is 2.97. The largest absolute Gasteiger partial charge is 0.465 e. The zero-order valence-corrected chi connectivity index (χ0v) is 19.9. The molecule has 2 aromatic rings. The summed E-state index contributed by atoms with van der Waals surface area (Å²) in [6, 6.07) is 15.0. The highest BCUT2D eigenvalue weighted by molar-refractivity contribution is 9.11. The summed E-state index contributed by atoms with van der Waals surface area (Å²) in [5.41, 5.74) is 3.83. The van der Waals surface area contributed by atoms with E-state index in [9.17, 15) is 9.90 Å². The van der Waals surface area contributed by atoms with Crippen molar-refractivity contribution in [3.63, 3.8) is 0 Å². The van der Waals surface area contributed by atoms with Crippen molar-refractivity contribution in [3.8, 4) is 0 Å². The van der Waals surface area contributed by atoms with Crippen LogP contribution in [0.3, 0.4) is 0 Å². The fourth-order valence-corrected chi connectivity index (χ4v) is 6.01. The molecule has 0 aromatic heterocycles. The molecule has 5 nitrogen and oxygen atoms in total. The van der Waals surface area contributed by atoms with Gasteiger partial charge in [-0.2, -0.15) is 0 Å². The first kappa shape index (κ1) is 21.8. The molecule has 2 atom stereocenters. The summed E-state index contributed by atoms with van der Waals surface area (Å²) in [7, 11) is 0. The zero-order chi connectivity index (χ0) is 21.1. The number of ether oxygens (including phenoxy) is 1. The lowest BCUT2D eigenvalue weighted by molar-refractivity contribution is -0.0340. The van der Waals surface area contributed by atoms with E-state index < -0.39 is 6.09 Å². The van der Waals surface area contributed by atoms with Crippen LogP contribution in [0, 0.1) is 0 Å². The maximum Gasteiger partial charge on any atom is 0.407 e. The van der Waals surface area contributed by atoms with E-state index in [0.29, 0.717) is 19.7 Å². The van der Waals surface area contributed by atoms with E-state index in [0.717, 1.165) is 46.9 Å². The van der Waals surface area contributed by atoms with Crippen molar-refractivity contribution in [2.45, 2.75) is 38.0 Å². The second kappa shape index (κ2) is 9.81. The molecule has 0 spiro atoms. The summed E-state index contributed by atoms with van der Waals surface area (Å²) in [4.78, 5) is 15.4. The second-order valence-corrected chi connectivity index (χ2v) is 9.80. The Balaban J connectivity index is 1.55. The number of carbonyl (C=O) groups is 1. The lowest BCUT2D eigenvalue weighted by Gasteiger charge is -2.40. The van der Waals surface area contributed by atoms with Crippen LogP contribution in [-0.4, -0.2) is 53.3 Å². The van der Waals surface area contributed by atoms with Crippen molar-refractivity contribution >= 4 is 38.0 Å². The van der Waals surface area contributed by atoms with Gasteiger partial charge in [0.2, 0.25) is 0 Å². The Kier molecular flexibility index (Phi) is 7.13. The smallest absolute Gasteiger partial charge is 0.407 e. The van der Waals surface area contributed by atoms with E-state index >= 15 is 0 Å². The Hall–Kier alpha value is -1.41. The first-order valence-electron chi connectivity index (χ1n) is 10.4. The number of benzene rings is 2. The molecule has 1 amide bonds. The number of amides is 1. The number of aryl methyl sites for hydroxylation is 1. The number of hydrogen-bond donors (Lipinski definition) is 1. The minimum absolute atomic E-state index is 0.0778. The van der Waals surface area contributed by atoms with Crippen LogP contribution in [0.15, 0.2) is 51.4 Å². The van der Waals surface area contributed by atoms with Crippen LogP contribution >= 0.6 is 31.9 Å². The normalized spacial score (nSPS) is 22.4. The molecule has 0 bridgehead atoms. The van der Waals surface area contributed by atoms with Crippen LogP contribution in [0.25, 0.3) is 0 Å². The maximum absolute atomic E-state index is 11.4. The van der Waals surface area contributed by atoms with E-state index in [1.807, 2.05) is 6.07 Å². The number of halogens is 2. The van der Waals surface area contributed by atoms with Crippen LogP contribution in [-0.2, 0) is 17.8 Å². The fraction of sp³-hybridized carbons (Fsp3) is 0.435. The van der Waals surface area contributed by atoms with Gasteiger partial charge in [0.05, 0.1) is 18.8 Å². The number of rotatable bonds is 4. The molecule has 160 valence electrons. The van der Waals surface area contributed by atoms with Gasteiger partial charge < -0.3 is 14.7 Å². The van der Waals surface area contributed by atoms with Gasteiger partial charge in [-0.1, -0.05) is 56.1 Å². The van der Waals surface area contributed by atoms with E-state index in [2.05, 4.69) is 73.2 Å². The van der Waals surface area contributed by atoms with Gasteiger partial charge >= 0.3 is 6.09 Å². The second-order valence-electron chi connectivity index (χ2n) is 7.97. The fourth-order valence-electron chi connectivity index (χ4n) is 4.62. The van der Waals surface area contributed by atoms with E-state index in [1.165, 1.54) is 16.0 Å². The van der Waals surface area contributed by atoms with Crippen molar-refractivity contribution in [2.75, 3.05) is 26.2 Å². The molecule has 0 saturated carbocycles. The Morgan fingerprint density at radius 1 is 1.07 bits per heavy atom. The lowest BCUT2D eigenvalue weighted by atomic mass is 9.84. The summed E-state index contributed by atoms with van der Waals surface area (Å²) < 4.78 is 8.56. The van der Waals surface area contributed by atoms with Gasteiger partial charge in [-0.3, -0.25) is 4.90 Å². The van der Waals surface area contributed by atoms with E-state index in [4.69, 9.17) is 4.74 Å². The SMILES string of the molecule is O=C(O)N1CCCN([C@@H]2c3ccccc3CC[C@H]2OCc2cc(Br)cc(Br)c2)CC1. The molecule has 2 aromatic carbocycles. The van der Waals surface area contributed by atoms with Gasteiger partial charge in [-0.15, -0.1) is 0 Å². The van der Waals surface area contributed by atoms with E-state index in [1.54, 1.807) is 0 Å². The predicted octanol–water partition coefficient (Wildman–Crippen LogP) is 5.47. The highest BCUT2D eigenvalue weighted by atomic mass is 79.9. The van der Waals surface area contributed by atoms with Gasteiger partial charge in [0.1, 0.15) is 0 Å². The van der Waals surface area contributed by atoms with E-state index in [-0.39, 0.29) is 12.1 Å². The monoisotopic (exact) mass is 536 g/mol. The minimum Gasteiger partial charge on any atom is -0.465 e. The lowest BCUT2D eigenvalue weighted by Crippen LogP contribution is -2.43. The number of hydrogen-bond acceptors (Lipinski definition) is 3. The summed E-state index contributed by atoms with van der Waals surface area (Å²) in [5, 5.41) is 9.40. The summed E-state index contributed by atoms with van der Waals surface area (Å²) in [6.07, 6.45) is 2.07. The molecule has 1 N–H and O–H groups in total. The van der Waals surface area contributed by atoms with Crippen LogP contribution in [0.2, 0.25) is 0 Å². The maximum atomic E-state index is 11.4. The molecule has 0 radical (unpaired) electrons. The predicted molar refractivity (Wildman–Crippen MR) is 124 cm³/mol. The molecule has 7 heteroatoms. The highest BCUT2D eigenvalue weighted by Gasteiger charge is 2.35. The minimum atomic E-state index is -0.825. The van der Waals surface area contributed by atoms with Crippen molar-refractivity contribution in [1.82, 2.24) is 9.80 Å². The van der Waals surface area contributed by atoms with Gasteiger partial charge in [0, 0.05) is 35.1 Å². The summed E-state index contributed by atoms with van der Waals surface area (Å²) in [6.45, 7) is 3.30. The number of nitrogens with zero attached hydrogens (tertiary/aromatic N) is 2. The molecule has 1 aliphatic carbocycles. The molecule has 2 aliphatic rings. The molecule has 0 unspecified atom stereocenters. The summed E-state index contributed by atoms with van der Waals surface area (Å²) in [5.74, 6) is 0. The van der Waals surface area contributed by atoms with Gasteiger partial charge in [-0.05, 0) is 54.2 Å². The third kappa shape index (κ3) is 5.07. The molecule has 30 heavy (non-hydrogen) atoms. The Bertz CT molecular complexity index is 888. The van der Waals surface area contributed by atoms with Crippen molar-refractivity contribution < 1.29 is 14.6 Å². The summed E-state index contributed by atoms with van der Waals surface area (Å²) >= 11 is 7.11. The quantitative estimate of drug-likeness (QED) is 0.562. The highest BCUT2D eigenvalue weighted by Crippen LogP contribution is 2.37. The van der Waals surface area contributed by atoms with Gasteiger partial charge in [0.15, 0.2) is 0 Å². The average molecular weight is 538 g/mol. The van der Waals surface area contributed by atoms with Crippen molar-refractivity contribution in [1.29, 1.82) is 0 Å². The van der Waals surface area contributed by atoms with Crippen LogP contribution < -0.4 is 0 Å². The molecular formula is C23H26Br2N2O3. The van der Waals surface area contributed by atoms with Crippen LogP contribution in [0.1, 0.15) is 35.6 Å². The topological polar surface area (TPSA) is 53.0 Å². The zero-order valence-electron chi connectivity index (χ0n) is 16.8.